The first-order valence-corrected chi connectivity index (χ1v) is 9.10. The van der Waals surface area contributed by atoms with Crippen LogP contribution in [0.25, 0.3) is 0 Å². The van der Waals surface area contributed by atoms with Crippen molar-refractivity contribution in [1.29, 1.82) is 0 Å². The van der Waals surface area contributed by atoms with Crippen LogP contribution in [0.5, 0.6) is 0 Å². The van der Waals surface area contributed by atoms with Crippen molar-refractivity contribution in [3.63, 3.8) is 0 Å². The van der Waals surface area contributed by atoms with E-state index < -0.39 is 14.7 Å². The van der Waals surface area contributed by atoms with Gasteiger partial charge in [0.15, 0.2) is 0 Å². The van der Waals surface area contributed by atoms with Gasteiger partial charge in [0.2, 0.25) is 0 Å². The molecule has 0 radical (unpaired) electrons. The number of rotatable bonds is 6. The Morgan fingerprint density at radius 2 is 0.923 bits per heavy atom. The van der Waals surface area contributed by atoms with Gasteiger partial charge >= 0.3 is 89.6 Å². The van der Waals surface area contributed by atoms with Gasteiger partial charge in [0.1, 0.15) is 0 Å². The summed E-state index contributed by atoms with van der Waals surface area (Å²) in [4.78, 5) is 0. The normalized spacial score (nSPS) is 20.8. The standard InChI is InChI=1S/C12H27As/c1-7-10(4)13(11(5)8-2)12(6)9-3/h10-12H,7-9H2,1-6H3. The third kappa shape index (κ3) is 4.06. The molecular weight excluding hydrogens is 219 g/mol. The zero-order valence-corrected chi connectivity index (χ0v) is 12.2. The van der Waals surface area contributed by atoms with Crippen molar-refractivity contribution in [3.8, 4) is 0 Å². The van der Waals surface area contributed by atoms with E-state index in [2.05, 4.69) is 41.5 Å². The Morgan fingerprint density at radius 1 is 0.692 bits per heavy atom. The Kier molecular flexibility index (Phi) is 7.23. The van der Waals surface area contributed by atoms with Gasteiger partial charge in [-0.05, 0) is 0 Å². The van der Waals surface area contributed by atoms with Crippen LogP contribution in [0, 0.1) is 0 Å². The first-order chi connectivity index (χ1) is 6.08. The summed E-state index contributed by atoms with van der Waals surface area (Å²) in [7, 11) is 0. The molecule has 0 N–H and O–H groups in total. The zero-order valence-electron chi connectivity index (χ0n) is 10.3. The second-order valence-electron chi connectivity index (χ2n) is 4.22. The molecule has 0 nitrogen and oxygen atoms in total. The third-order valence-corrected chi connectivity index (χ3v) is 12.0. The molecule has 0 rings (SSSR count). The van der Waals surface area contributed by atoms with E-state index in [1.54, 1.807) is 0 Å². The summed E-state index contributed by atoms with van der Waals surface area (Å²) in [6.07, 6.45) is 4.19. The average Bonchev–Trinajstić information content (AvgIpc) is 2.16. The van der Waals surface area contributed by atoms with Gasteiger partial charge < -0.3 is 0 Å². The fourth-order valence-corrected chi connectivity index (χ4v) is 10.1. The van der Waals surface area contributed by atoms with Crippen molar-refractivity contribution in [2.24, 2.45) is 0 Å². The van der Waals surface area contributed by atoms with Crippen LogP contribution in [0.4, 0.5) is 0 Å². The molecule has 0 bridgehead atoms. The van der Waals surface area contributed by atoms with Crippen molar-refractivity contribution < 1.29 is 0 Å². The molecule has 3 atom stereocenters. The first-order valence-electron chi connectivity index (χ1n) is 5.85. The maximum atomic E-state index is 2.48. The molecular formula is C12H27As. The summed E-state index contributed by atoms with van der Waals surface area (Å²) in [5.41, 5.74) is 0. The van der Waals surface area contributed by atoms with Gasteiger partial charge in [-0.15, -0.1) is 0 Å². The molecule has 0 fully saturated rings. The van der Waals surface area contributed by atoms with Crippen molar-refractivity contribution >= 4 is 14.7 Å². The van der Waals surface area contributed by atoms with Crippen LogP contribution in [-0.2, 0) is 0 Å². The molecule has 0 saturated heterocycles. The van der Waals surface area contributed by atoms with Crippen LogP contribution in [0.15, 0.2) is 0 Å². The molecule has 0 amide bonds. The quantitative estimate of drug-likeness (QED) is 0.586. The Balaban J connectivity index is 4.34. The summed E-state index contributed by atoms with van der Waals surface area (Å²) in [6, 6.07) is 0. The fraction of sp³-hybridized carbons (Fsp3) is 1.00. The van der Waals surface area contributed by atoms with Crippen LogP contribution in [0.3, 0.4) is 0 Å². The van der Waals surface area contributed by atoms with Crippen LogP contribution in [-0.4, -0.2) is 14.7 Å². The van der Waals surface area contributed by atoms with E-state index in [0.29, 0.717) is 0 Å². The molecule has 0 aliphatic carbocycles. The Bertz CT molecular complexity index is 98.5. The van der Waals surface area contributed by atoms with E-state index in [-0.39, 0.29) is 0 Å². The van der Waals surface area contributed by atoms with E-state index in [9.17, 15) is 0 Å². The van der Waals surface area contributed by atoms with E-state index in [4.69, 9.17) is 0 Å². The van der Waals surface area contributed by atoms with Gasteiger partial charge in [-0.25, -0.2) is 0 Å². The maximum absolute atomic E-state index is 2.48. The fourth-order valence-electron chi connectivity index (χ4n) is 1.94. The molecule has 0 heterocycles. The van der Waals surface area contributed by atoms with Gasteiger partial charge in [0.25, 0.3) is 0 Å². The van der Waals surface area contributed by atoms with Gasteiger partial charge in [-0.2, -0.15) is 0 Å². The summed E-state index contributed by atoms with van der Waals surface area (Å²) in [6.45, 7) is 14.5. The molecule has 0 aliphatic rings. The molecule has 0 aromatic carbocycles. The monoisotopic (exact) mass is 246 g/mol. The molecule has 80 valence electrons. The molecule has 0 aliphatic heterocycles. The van der Waals surface area contributed by atoms with Crippen molar-refractivity contribution in [3.05, 3.63) is 0 Å². The SMILES string of the molecule is CCC(C)[As](C(C)CC)C(C)CC. The topological polar surface area (TPSA) is 0 Å². The molecule has 1 heteroatoms. The van der Waals surface area contributed by atoms with Gasteiger partial charge in [-0.3, -0.25) is 0 Å². The molecule has 0 aromatic heterocycles. The summed E-state index contributed by atoms with van der Waals surface area (Å²) >= 11 is -0.589. The summed E-state index contributed by atoms with van der Waals surface area (Å²) in [5, 5.41) is 0. The van der Waals surface area contributed by atoms with Crippen LogP contribution >= 0.6 is 0 Å². The van der Waals surface area contributed by atoms with Crippen molar-refractivity contribution in [2.45, 2.75) is 74.9 Å². The van der Waals surface area contributed by atoms with Crippen LogP contribution in [0.1, 0.15) is 60.8 Å². The van der Waals surface area contributed by atoms with E-state index in [1.165, 1.54) is 19.3 Å². The minimum atomic E-state index is -0.589. The van der Waals surface area contributed by atoms with E-state index in [1.807, 2.05) is 0 Å². The minimum absolute atomic E-state index is 0.589. The van der Waals surface area contributed by atoms with Gasteiger partial charge in [0.05, 0.1) is 0 Å². The second kappa shape index (κ2) is 6.93. The predicted molar refractivity (Wildman–Crippen MR) is 64.9 cm³/mol. The molecule has 0 spiro atoms. The molecule has 0 saturated carbocycles. The molecule has 13 heavy (non-hydrogen) atoms. The van der Waals surface area contributed by atoms with Crippen LogP contribution < -0.4 is 0 Å². The molecule has 3 unspecified atom stereocenters. The van der Waals surface area contributed by atoms with Gasteiger partial charge in [-0.1, -0.05) is 0 Å². The first kappa shape index (κ1) is 13.6. The Morgan fingerprint density at radius 3 is 1.08 bits per heavy atom. The van der Waals surface area contributed by atoms with E-state index in [0.717, 1.165) is 14.1 Å². The summed E-state index contributed by atoms with van der Waals surface area (Å²) in [5.74, 6) is 0. The third-order valence-electron chi connectivity index (χ3n) is 3.30. The van der Waals surface area contributed by atoms with Crippen molar-refractivity contribution in [1.82, 2.24) is 0 Å². The molecule has 0 aromatic rings. The van der Waals surface area contributed by atoms with Crippen molar-refractivity contribution in [2.75, 3.05) is 0 Å². The Labute approximate surface area is 89.8 Å². The van der Waals surface area contributed by atoms with Gasteiger partial charge in [0, 0.05) is 0 Å². The van der Waals surface area contributed by atoms with E-state index >= 15 is 0 Å². The average molecular weight is 246 g/mol. The predicted octanol–water partition coefficient (Wildman–Crippen LogP) is 4.88. The second-order valence-corrected chi connectivity index (χ2v) is 11.6. The zero-order chi connectivity index (χ0) is 10.4. The number of hydrogen-bond donors (Lipinski definition) is 0. The van der Waals surface area contributed by atoms with Crippen LogP contribution in [0.2, 0.25) is 14.1 Å². The summed E-state index contributed by atoms with van der Waals surface area (Å²) < 4.78 is 3.12. The Hall–Kier alpha value is 0.558. The number of hydrogen-bond acceptors (Lipinski definition) is 0.